The number of aryl methyl sites for hydroxylation is 1. The summed E-state index contributed by atoms with van der Waals surface area (Å²) in [6.07, 6.45) is 0.469. The number of hydrogen-bond donors (Lipinski definition) is 2. The van der Waals surface area contributed by atoms with Crippen LogP contribution in [0.1, 0.15) is 36.3 Å². The summed E-state index contributed by atoms with van der Waals surface area (Å²) in [4.78, 5) is 24.6. The third kappa shape index (κ3) is 2.51. The Hall–Kier alpha value is -1.47. The Morgan fingerprint density at radius 3 is 2.56 bits per heavy atom. The zero-order chi connectivity index (χ0) is 14.1. The van der Waals surface area contributed by atoms with E-state index in [1.807, 2.05) is 6.92 Å². The average Bonchev–Trinajstić information content (AvgIpc) is 2.69. The van der Waals surface area contributed by atoms with E-state index < -0.39 is 11.5 Å². The summed E-state index contributed by atoms with van der Waals surface area (Å²) in [6, 6.07) is 0. The van der Waals surface area contributed by atoms with Crippen molar-refractivity contribution in [1.82, 2.24) is 4.37 Å². The summed E-state index contributed by atoms with van der Waals surface area (Å²) < 4.78 is 3.98. The first-order valence-electron chi connectivity index (χ1n) is 5.49. The lowest BCUT2D eigenvalue weighted by Crippen LogP contribution is -2.51. The van der Waals surface area contributed by atoms with Crippen LogP contribution in [0.15, 0.2) is 0 Å². The van der Waals surface area contributed by atoms with Crippen LogP contribution in [0.3, 0.4) is 0 Å². The van der Waals surface area contributed by atoms with Gasteiger partial charge in [-0.3, -0.25) is 4.79 Å². The minimum absolute atomic E-state index is 0.0581. The molecule has 0 fully saturated rings. The second-order valence-electron chi connectivity index (χ2n) is 4.39. The van der Waals surface area contributed by atoms with Crippen LogP contribution in [0.2, 0.25) is 0 Å². The van der Waals surface area contributed by atoms with E-state index in [1.54, 1.807) is 13.8 Å². The molecule has 1 rings (SSSR count). The van der Waals surface area contributed by atoms with Crippen LogP contribution < -0.4 is 10.6 Å². The number of nitrogens with two attached hydrogens (primary N) is 1. The van der Waals surface area contributed by atoms with Gasteiger partial charge in [-0.2, -0.15) is 4.37 Å². The average molecular weight is 271 g/mol. The largest absolute Gasteiger partial charge is 0.478 e. The molecule has 0 bridgehead atoms. The monoisotopic (exact) mass is 271 g/mol. The molecule has 0 aliphatic heterocycles. The van der Waals surface area contributed by atoms with Gasteiger partial charge in [0.1, 0.15) is 10.6 Å². The summed E-state index contributed by atoms with van der Waals surface area (Å²) in [5.41, 5.74) is 5.32. The second kappa shape index (κ2) is 5.03. The number of aromatic nitrogens is 1. The standard InChI is InChI=1S/C11H17N3O3S/c1-5-11(3,12)10(17)14(4)8-7(9(15)16)6(2)13-18-8/h5,12H2,1-4H3,(H,15,16). The molecule has 1 atom stereocenters. The second-order valence-corrected chi connectivity index (χ2v) is 5.14. The van der Waals surface area contributed by atoms with Gasteiger partial charge in [-0.15, -0.1) is 0 Å². The molecule has 1 amide bonds. The van der Waals surface area contributed by atoms with E-state index in [0.717, 1.165) is 11.5 Å². The van der Waals surface area contributed by atoms with Gasteiger partial charge < -0.3 is 15.7 Å². The fraction of sp³-hybridized carbons (Fsp3) is 0.545. The van der Waals surface area contributed by atoms with Gasteiger partial charge in [-0.1, -0.05) is 6.92 Å². The Labute approximate surface area is 110 Å². The van der Waals surface area contributed by atoms with Crippen LogP contribution in [0, 0.1) is 6.92 Å². The normalized spacial score (nSPS) is 14.1. The Kier molecular flexibility index (Phi) is 4.08. The van der Waals surface area contributed by atoms with Gasteiger partial charge in [-0.25, -0.2) is 4.79 Å². The summed E-state index contributed by atoms with van der Waals surface area (Å²) >= 11 is 0.986. The van der Waals surface area contributed by atoms with E-state index >= 15 is 0 Å². The van der Waals surface area contributed by atoms with Crippen molar-refractivity contribution in [1.29, 1.82) is 0 Å². The summed E-state index contributed by atoms with van der Waals surface area (Å²) in [7, 11) is 1.52. The van der Waals surface area contributed by atoms with Crippen molar-refractivity contribution in [3.8, 4) is 0 Å². The molecule has 1 aromatic heterocycles. The number of anilines is 1. The van der Waals surface area contributed by atoms with Crippen molar-refractivity contribution in [2.45, 2.75) is 32.7 Å². The minimum Gasteiger partial charge on any atom is -0.478 e. The summed E-state index contributed by atoms with van der Waals surface area (Å²) in [5, 5.41) is 9.44. The zero-order valence-electron chi connectivity index (χ0n) is 10.9. The SMILES string of the molecule is CCC(C)(N)C(=O)N(C)c1snc(C)c1C(=O)O. The predicted octanol–water partition coefficient (Wildman–Crippen LogP) is 1.24. The number of hydrogen-bond acceptors (Lipinski definition) is 5. The van der Waals surface area contributed by atoms with Crippen LogP contribution in [-0.2, 0) is 4.79 Å². The molecule has 0 saturated heterocycles. The first kappa shape index (κ1) is 14.6. The Morgan fingerprint density at radius 2 is 2.11 bits per heavy atom. The summed E-state index contributed by atoms with van der Waals surface area (Å²) in [6.45, 7) is 5.03. The molecule has 1 heterocycles. The van der Waals surface area contributed by atoms with Gasteiger partial charge in [0.15, 0.2) is 0 Å². The number of carboxylic acids is 1. The number of likely N-dealkylation sites (N-methyl/N-ethyl adjacent to an activating group) is 1. The third-order valence-electron chi connectivity index (χ3n) is 2.89. The predicted molar refractivity (Wildman–Crippen MR) is 70.1 cm³/mol. The molecular formula is C11H17N3O3S. The highest BCUT2D eigenvalue weighted by Crippen LogP contribution is 2.29. The number of carboxylic acid groups (broad SMARTS) is 1. The minimum atomic E-state index is -1.09. The van der Waals surface area contributed by atoms with Crippen LogP contribution in [0.5, 0.6) is 0 Å². The Balaban J connectivity index is 3.16. The lowest BCUT2D eigenvalue weighted by atomic mass is 9.99. The van der Waals surface area contributed by atoms with Gasteiger partial charge in [0, 0.05) is 7.05 Å². The molecule has 0 aromatic carbocycles. The number of rotatable bonds is 4. The Bertz CT molecular complexity index is 482. The molecule has 18 heavy (non-hydrogen) atoms. The molecule has 0 aliphatic carbocycles. The highest BCUT2D eigenvalue weighted by atomic mass is 32.1. The van der Waals surface area contributed by atoms with Crippen molar-refractivity contribution in [3.05, 3.63) is 11.3 Å². The maximum Gasteiger partial charge on any atom is 0.340 e. The van der Waals surface area contributed by atoms with Crippen molar-refractivity contribution < 1.29 is 14.7 Å². The number of carbonyl (C=O) groups is 2. The van der Waals surface area contributed by atoms with Crippen molar-refractivity contribution in [2.75, 3.05) is 11.9 Å². The van der Waals surface area contributed by atoms with Gasteiger partial charge in [-0.05, 0) is 31.8 Å². The molecular weight excluding hydrogens is 254 g/mol. The van der Waals surface area contributed by atoms with E-state index in [0.29, 0.717) is 17.1 Å². The lowest BCUT2D eigenvalue weighted by Gasteiger charge is -2.27. The van der Waals surface area contributed by atoms with Crippen molar-refractivity contribution >= 4 is 28.4 Å². The van der Waals surface area contributed by atoms with Gasteiger partial charge in [0.2, 0.25) is 5.91 Å². The van der Waals surface area contributed by atoms with Crippen LogP contribution in [0.25, 0.3) is 0 Å². The van der Waals surface area contributed by atoms with Gasteiger partial charge >= 0.3 is 5.97 Å². The van der Waals surface area contributed by atoms with E-state index in [-0.39, 0.29) is 11.5 Å². The number of nitrogens with zero attached hydrogens (tertiary/aromatic N) is 2. The lowest BCUT2D eigenvalue weighted by molar-refractivity contribution is -0.122. The van der Waals surface area contributed by atoms with E-state index in [2.05, 4.69) is 4.37 Å². The van der Waals surface area contributed by atoms with Crippen molar-refractivity contribution in [3.63, 3.8) is 0 Å². The van der Waals surface area contributed by atoms with E-state index in [4.69, 9.17) is 10.8 Å². The quantitative estimate of drug-likeness (QED) is 0.858. The third-order valence-corrected chi connectivity index (χ3v) is 3.91. The molecule has 0 aliphatic rings. The molecule has 0 saturated carbocycles. The van der Waals surface area contributed by atoms with Crippen LogP contribution >= 0.6 is 11.5 Å². The fourth-order valence-corrected chi connectivity index (χ4v) is 2.31. The maximum absolute atomic E-state index is 12.2. The molecule has 0 radical (unpaired) electrons. The molecule has 3 N–H and O–H groups in total. The van der Waals surface area contributed by atoms with E-state index in [9.17, 15) is 9.59 Å². The van der Waals surface area contributed by atoms with Gasteiger partial charge in [0.05, 0.1) is 11.2 Å². The number of carbonyl (C=O) groups excluding carboxylic acids is 1. The van der Waals surface area contributed by atoms with Crippen LogP contribution in [0.4, 0.5) is 5.00 Å². The maximum atomic E-state index is 12.2. The Morgan fingerprint density at radius 1 is 1.56 bits per heavy atom. The fourth-order valence-electron chi connectivity index (χ4n) is 1.46. The first-order valence-corrected chi connectivity index (χ1v) is 6.26. The topological polar surface area (TPSA) is 96.5 Å². The molecule has 1 unspecified atom stereocenters. The van der Waals surface area contributed by atoms with Crippen molar-refractivity contribution in [2.24, 2.45) is 5.73 Å². The number of aromatic carboxylic acids is 1. The van der Waals surface area contributed by atoms with Crippen LogP contribution in [-0.4, -0.2) is 33.9 Å². The smallest absolute Gasteiger partial charge is 0.340 e. The highest BCUT2D eigenvalue weighted by Gasteiger charge is 2.33. The highest BCUT2D eigenvalue weighted by molar-refractivity contribution is 7.11. The summed E-state index contributed by atoms with van der Waals surface area (Å²) in [5.74, 6) is -1.41. The van der Waals surface area contributed by atoms with E-state index in [1.165, 1.54) is 11.9 Å². The molecule has 1 aromatic rings. The first-order chi connectivity index (χ1) is 8.22. The molecule has 7 heteroatoms. The molecule has 0 spiro atoms. The van der Waals surface area contributed by atoms with Gasteiger partial charge in [0.25, 0.3) is 0 Å². The molecule has 100 valence electrons. The molecule has 6 nitrogen and oxygen atoms in total. The zero-order valence-corrected chi connectivity index (χ0v) is 11.7. The number of amides is 1.